The van der Waals surface area contributed by atoms with Crippen molar-refractivity contribution in [2.75, 3.05) is 4.90 Å². The molecule has 4 rings (SSSR count). The second-order valence-corrected chi connectivity index (χ2v) is 7.76. The van der Waals surface area contributed by atoms with Gasteiger partial charge in [-0.2, -0.15) is 0 Å². The van der Waals surface area contributed by atoms with E-state index in [4.69, 9.17) is 23.2 Å². The molecule has 7 heteroatoms. The van der Waals surface area contributed by atoms with Crippen LogP contribution in [0.1, 0.15) is 22.7 Å². The van der Waals surface area contributed by atoms with Crippen molar-refractivity contribution in [1.82, 2.24) is 4.98 Å². The van der Waals surface area contributed by atoms with Gasteiger partial charge in [0.1, 0.15) is 5.76 Å². The maximum Gasteiger partial charge on any atom is 0.300 e. The molecule has 1 atom stereocenters. The molecule has 1 aliphatic heterocycles. The SMILES string of the molecule is Cc1ccc(Cl)cc1N1C(=O)C(=O)/C(=C(/O)c2ccc(Cl)cc2)C1c1ccncc1. The van der Waals surface area contributed by atoms with Crippen LogP contribution in [0.3, 0.4) is 0 Å². The average molecular weight is 439 g/mol. The number of pyridine rings is 1. The third kappa shape index (κ3) is 3.47. The maximum absolute atomic E-state index is 13.1. The van der Waals surface area contributed by atoms with Crippen molar-refractivity contribution >= 4 is 46.3 Å². The summed E-state index contributed by atoms with van der Waals surface area (Å²) in [6, 6.07) is 14.1. The Bertz CT molecular complexity index is 1170. The van der Waals surface area contributed by atoms with Crippen LogP contribution in [0.15, 0.2) is 72.6 Å². The molecule has 0 aliphatic carbocycles. The number of benzene rings is 2. The number of hydrogen-bond donors (Lipinski definition) is 1. The molecule has 150 valence electrons. The van der Waals surface area contributed by atoms with E-state index in [1.165, 1.54) is 4.90 Å². The summed E-state index contributed by atoms with van der Waals surface area (Å²) in [5.41, 5.74) is 2.29. The molecule has 1 aliphatic rings. The summed E-state index contributed by atoms with van der Waals surface area (Å²) in [7, 11) is 0. The summed E-state index contributed by atoms with van der Waals surface area (Å²) < 4.78 is 0. The van der Waals surface area contributed by atoms with Gasteiger partial charge in [-0.1, -0.05) is 29.3 Å². The number of aliphatic hydroxyl groups excluding tert-OH is 1. The first-order chi connectivity index (χ1) is 14.4. The van der Waals surface area contributed by atoms with Gasteiger partial charge in [-0.25, -0.2) is 0 Å². The molecule has 1 fully saturated rings. The van der Waals surface area contributed by atoms with E-state index >= 15 is 0 Å². The zero-order valence-corrected chi connectivity index (χ0v) is 17.4. The molecule has 0 spiro atoms. The molecule has 1 aromatic heterocycles. The zero-order chi connectivity index (χ0) is 21.4. The highest BCUT2D eigenvalue weighted by atomic mass is 35.5. The lowest BCUT2D eigenvalue weighted by molar-refractivity contribution is -0.132. The molecule has 30 heavy (non-hydrogen) atoms. The fraction of sp³-hybridized carbons (Fsp3) is 0.0870. The van der Waals surface area contributed by atoms with E-state index in [9.17, 15) is 14.7 Å². The number of ketones is 1. The van der Waals surface area contributed by atoms with Crippen molar-refractivity contribution in [3.8, 4) is 0 Å². The van der Waals surface area contributed by atoms with Crippen LogP contribution in [0.4, 0.5) is 5.69 Å². The molecule has 0 radical (unpaired) electrons. The highest BCUT2D eigenvalue weighted by molar-refractivity contribution is 6.52. The number of amides is 1. The largest absolute Gasteiger partial charge is 0.507 e. The number of aliphatic hydroxyl groups is 1. The first-order valence-corrected chi connectivity index (χ1v) is 9.87. The van der Waals surface area contributed by atoms with E-state index in [1.807, 2.05) is 6.92 Å². The number of carbonyl (C=O) groups is 2. The van der Waals surface area contributed by atoms with E-state index in [0.717, 1.165) is 5.56 Å². The highest BCUT2D eigenvalue weighted by Gasteiger charge is 2.47. The normalized spacial score (nSPS) is 18.1. The van der Waals surface area contributed by atoms with Gasteiger partial charge < -0.3 is 5.11 Å². The molecular formula is C23H16Cl2N2O3. The first-order valence-electron chi connectivity index (χ1n) is 9.11. The van der Waals surface area contributed by atoms with Gasteiger partial charge in [-0.3, -0.25) is 19.5 Å². The Morgan fingerprint density at radius 3 is 2.27 bits per heavy atom. The van der Waals surface area contributed by atoms with E-state index in [1.54, 1.807) is 67.0 Å². The third-order valence-corrected chi connectivity index (χ3v) is 5.50. The smallest absolute Gasteiger partial charge is 0.300 e. The minimum Gasteiger partial charge on any atom is -0.507 e. The fourth-order valence-electron chi connectivity index (χ4n) is 3.55. The number of anilines is 1. The molecule has 5 nitrogen and oxygen atoms in total. The average Bonchev–Trinajstić information content (AvgIpc) is 3.01. The highest BCUT2D eigenvalue weighted by Crippen LogP contribution is 2.43. The summed E-state index contributed by atoms with van der Waals surface area (Å²) in [4.78, 5) is 31.6. The summed E-state index contributed by atoms with van der Waals surface area (Å²) >= 11 is 12.1. The molecule has 1 N–H and O–H groups in total. The van der Waals surface area contributed by atoms with Gasteiger partial charge in [0.25, 0.3) is 11.7 Å². The molecule has 1 saturated heterocycles. The van der Waals surface area contributed by atoms with E-state index in [0.29, 0.717) is 26.9 Å². The fourth-order valence-corrected chi connectivity index (χ4v) is 3.84. The predicted octanol–water partition coefficient (Wildman–Crippen LogP) is 5.32. The van der Waals surface area contributed by atoms with Crippen LogP contribution in [0.25, 0.3) is 5.76 Å². The van der Waals surface area contributed by atoms with Crippen LogP contribution in [0.5, 0.6) is 0 Å². The second kappa shape index (κ2) is 7.94. The Morgan fingerprint density at radius 2 is 1.60 bits per heavy atom. The molecule has 1 amide bonds. The van der Waals surface area contributed by atoms with Gasteiger partial charge in [0, 0.05) is 33.7 Å². The topological polar surface area (TPSA) is 70.5 Å². The van der Waals surface area contributed by atoms with Gasteiger partial charge in [0.05, 0.1) is 11.6 Å². The molecular weight excluding hydrogens is 423 g/mol. The number of aryl methyl sites for hydroxylation is 1. The van der Waals surface area contributed by atoms with Crippen LogP contribution in [0.2, 0.25) is 10.0 Å². The van der Waals surface area contributed by atoms with Crippen molar-refractivity contribution in [1.29, 1.82) is 0 Å². The minimum absolute atomic E-state index is 0.00658. The van der Waals surface area contributed by atoms with Crippen LogP contribution < -0.4 is 4.90 Å². The minimum atomic E-state index is -0.833. The Hall–Kier alpha value is -3.15. The summed E-state index contributed by atoms with van der Waals surface area (Å²) in [6.07, 6.45) is 3.14. The van der Waals surface area contributed by atoms with Crippen LogP contribution >= 0.6 is 23.2 Å². The lowest BCUT2D eigenvalue weighted by atomic mass is 9.95. The number of rotatable bonds is 3. The van der Waals surface area contributed by atoms with Gasteiger partial charge >= 0.3 is 0 Å². The van der Waals surface area contributed by atoms with Crippen molar-refractivity contribution in [2.45, 2.75) is 13.0 Å². The van der Waals surface area contributed by atoms with Gasteiger partial charge in [-0.15, -0.1) is 0 Å². The number of carbonyl (C=O) groups excluding carboxylic acids is 2. The number of halogens is 2. The van der Waals surface area contributed by atoms with E-state index in [-0.39, 0.29) is 11.3 Å². The molecule has 2 heterocycles. The van der Waals surface area contributed by atoms with E-state index < -0.39 is 17.7 Å². The Morgan fingerprint density at radius 1 is 0.967 bits per heavy atom. The summed E-state index contributed by atoms with van der Waals surface area (Å²) in [6.45, 7) is 1.83. The first kappa shape index (κ1) is 20.1. The van der Waals surface area contributed by atoms with Crippen molar-refractivity contribution in [3.05, 3.63) is 99.3 Å². The lowest BCUT2D eigenvalue weighted by Gasteiger charge is -2.26. The number of hydrogen-bond acceptors (Lipinski definition) is 4. The Labute approximate surface area is 183 Å². The monoisotopic (exact) mass is 438 g/mol. The second-order valence-electron chi connectivity index (χ2n) is 6.89. The number of Topliss-reactive ketones (excluding diaryl/α,β-unsaturated/α-hetero) is 1. The predicted molar refractivity (Wildman–Crippen MR) is 117 cm³/mol. The maximum atomic E-state index is 13.1. The van der Waals surface area contributed by atoms with Crippen LogP contribution in [-0.4, -0.2) is 21.8 Å². The molecule has 2 aromatic carbocycles. The van der Waals surface area contributed by atoms with Gasteiger partial charge in [-0.05, 0) is 66.6 Å². The van der Waals surface area contributed by atoms with E-state index in [2.05, 4.69) is 4.98 Å². The van der Waals surface area contributed by atoms with Crippen molar-refractivity contribution < 1.29 is 14.7 Å². The quantitative estimate of drug-likeness (QED) is 0.341. The zero-order valence-electron chi connectivity index (χ0n) is 15.8. The van der Waals surface area contributed by atoms with Crippen molar-refractivity contribution in [3.63, 3.8) is 0 Å². The summed E-state index contributed by atoms with van der Waals surface area (Å²) in [5, 5.41) is 11.9. The van der Waals surface area contributed by atoms with Crippen LogP contribution in [0, 0.1) is 6.92 Å². The van der Waals surface area contributed by atoms with Gasteiger partial charge in [0.2, 0.25) is 0 Å². The summed E-state index contributed by atoms with van der Waals surface area (Å²) in [5.74, 6) is -1.78. The number of aromatic nitrogens is 1. The Kier molecular flexibility index (Phi) is 5.33. The standard InChI is InChI=1S/C23H16Cl2N2O3/c1-13-2-5-17(25)12-18(13)27-20(14-8-10-26-11-9-14)19(22(29)23(27)30)21(28)15-3-6-16(24)7-4-15/h2-12,20,28H,1H3/b21-19+. The number of nitrogens with zero attached hydrogens (tertiary/aromatic N) is 2. The van der Waals surface area contributed by atoms with Crippen molar-refractivity contribution in [2.24, 2.45) is 0 Å². The van der Waals surface area contributed by atoms with Crippen LogP contribution in [-0.2, 0) is 9.59 Å². The third-order valence-electron chi connectivity index (χ3n) is 5.01. The van der Waals surface area contributed by atoms with Gasteiger partial charge in [0.15, 0.2) is 0 Å². The molecule has 1 unspecified atom stereocenters. The molecule has 3 aromatic rings. The molecule has 0 bridgehead atoms. The lowest BCUT2D eigenvalue weighted by Crippen LogP contribution is -2.30. The molecule has 0 saturated carbocycles. The Balaban J connectivity index is 1.97.